The molecule has 0 unspecified atom stereocenters. The summed E-state index contributed by atoms with van der Waals surface area (Å²) in [4.78, 5) is 30.5. The summed E-state index contributed by atoms with van der Waals surface area (Å²) >= 11 is 0. The number of aliphatic imine (C=N–C) groups is 1. The van der Waals surface area contributed by atoms with Crippen molar-refractivity contribution in [3.8, 4) is 6.07 Å². The number of rotatable bonds is 1. The summed E-state index contributed by atoms with van der Waals surface area (Å²) in [6, 6.07) is 9.25. The number of fused-ring (bicyclic) bond motifs is 1. The standard InChI is InChI=1S/C19H23N5O3/c1-18(2,3)27-17(26)22-16-23-19(13-7-5-6-12(8-13)9-20)11-21-10-14(19)15(25)24(16)4/h5-8,14,21H,10-11H2,1-4H3,(H,22,23,26)/t14-,19+/m0/s1. The summed E-state index contributed by atoms with van der Waals surface area (Å²) in [6.07, 6.45) is -0.769. The molecule has 0 saturated carbocycles. The van der Waals surface area contributed by atoms with Crippen molar-refractivity contribution in [3.05, 3.63) is 35.4 Å². The lowest BCUT2D eigenvalue weighted by atomic mass is 9.78. The van der Waals surface area contributed by atoms with Crippen LogP contribution in [0.4, 0.5) is 4.79 Å². The number of benzene rings is 1. The van der Waals surface area contributed by atoms with Gasteiger partial charge in [-0.2, -0.15) is 5.26 Å². The van der Waals surface area contributed by atoms with Gasteiger partial charge < -0.3 is 15.4 Å². The summed E-state index contributed by atoms with van der Waals surface area (Å²) in [5, 5.41) is 15.7. The maximum absolute atomic E-state index is 13.0. The van der Waals surface area contributed by atoms with Gasteiger partial charge in [-0.15, -0.1) is 4.99 Å². The summed E-state index contributed by atoms with van der Waals surface area (Å²) in [5.41, 5.74) is -0.160. The van der Waals surface area contributed by atoms with E-state index in [0.29, 0.717) is 18.7 Å². The number of hydrogen-bond donors (Lipinski definition) is 2. The number of nitrogens with one attached hydrogen (secondary N) is 2. The number of guanidine groups is 1. The smallest absolute Gasteiger partial charge is 0.437 e. The van der Waals surface area contributed by atoms with Gasteiger partial charge in [0.1, 0.15) is 5.60 Å². The van der Waals surface area contributed by atoms with Crippen LogP contribution in [0.5, 0.6) is 0 Å². The van der Waals surface area contributed by atoms with Crippen molar-refractivity contribution < 1.29 is 14.3 Å². The van der Waals surface area contributed by atoms with E-state index in [-0.39, 0.29) is 17.8 Å². The third-order valence-corrected chi connectivity index (χ3v) is 4.73. The average Bonchev–Trinajstić information content (AvgIpc) is 3.03. The van der Waals surface area contributed by atoms with Gasteiger partial charge in [0.05, 0.1) is 23.1 Å². The fourth-order valence-electron chi connectivity index (χ4n) is 3.48. The van der Waals surface area contributed by atoms with Crippen LogP contribution in [0.25, 0.3) is 0 Å². The first-order valence-electron chi connectivity index (χ1n) is 8.75. The van der Waals surface area contributed by atoms with Crippen molar-refractivity contribution in [2.75, 3.05) is 20.1 Å². The molecule has 1 aromatic carbocycles. The van der Waals surface area contributed by atoms with E-state index >= 15 is 0 Å². The van der Waals surface area contributed by atoms with Crippen molar-refractivity contribution in [3.63, 3.8) is 0 Å². The maximum Gasteiger partial charge on any atom is 0.437 e. The summed E-state index contributed by atoms with van der Waals surface area (Å²) in [6.45, 7) is 6.21. The molecule has 2 N–H and O–H groups in total. The number of hydrogen-bond acceptors (Lipinski definition) is 5. The number of amides is 2. The van der Waals surface area contributed by atoms with Crippen LogP contribution in [0.3, 0.4) is 0 Å². The van der Waals surface area contributed by atoms with Gasteiger partial charge in [-0.05, 0) is 38.5 Å². The molecule has 2 aliphatic rings. The largest absolute Gasteiger partial charge is 0.442 e. The van der Waals surface area contributed by atoms with Crippen LogP contribution in [0.2, 0.25) is 0 Å². The van der Waals surface area contributed by atoms with Crippen LogP contribution >= 0.6 is 0 Å². The Morgan fingerprint density at radius 1 is 1.44 bits per heavy atom. The normalized spacial score (nSPS) is 26.3. The molecule has 8 heteroatoms. The van der Waals surface area contributed by atoms with E-state index in [1.54, 1.807) is 46.0 Å². The monoisotopic (exact) mass is 369 g/mol. The third-order valence-electron chi connectivity index (χ3n) is 4.73. The number of carbonyl (C=O) groups excluding carboxylic acids is 2. The Morgan fingerprint density at radius 3 is 2.85 bits per heavy atom. The van der Waals surface area contributed by atoms with Crippen molar-refractivity contribution in [1.82, 2.24) is 15.5 Å². The molecule has 2 heterocycles. The lowest BCUT2D eigenvalue weighted by Crippen LogP contribution is -2.65. The van der Waals surface area contributed by atoms with E-state index in [2.05, 4.69) is 21.7 Å². The zero-order valence-electron chi connectivity index (χ0n) is 15.9. The highest BCUT2D eigenvalue weighted by Gasteiger charge is 2.54. The highest BCUT2D eigenvalue weighted by Crippen LogP contribution is 2.37. The minimum Gasteiger partial charge on any atom is -0.442 e. The SMILES string of the molecule is CN1C(=O)[C@@H]2CNC[C@]2(c2cccc(C#N)c2)N/C1=N/C(=O)OC(C)(C)C. The van der Waals surface area contributed by atoms with E-state index in [0.717, 1.165) is 5.56 Å². The fourth-order valence-corrected chi connectivity index (χ4v) is 3.48. The second-order valence-electron chi connectivity index (χ2n) is 7.79. The number of ether oxygens (including phenoxy) is 1. The Morgan fingerprint density at radius 2 is 2.19 bits per heavy atom. The molecule has 0 aliphatic carbocycles. The molecule has 3 rings (SSSR count). The van der Waals surface area contributed by atoms with Crippen molar-refractivity contribution in [2.45, 2.75) is 31.9 Å². The van der Waals surface area contributed by atoms with Gasteiger partial charge in [0.25, 0.3) is 0 Å². The van der Waals surface area contributed by atoms with E-state index < -0.39 is 17.2 Å². The number of nitrogens with zero attached hydrogens (tertiary/aromatic N) is 3. The Bertz CT molecular complexity index is 852. The predicted molar refractivity (Wildman–Crippen MR) is 98.8 cm³/mol. The highest BCUT2D eigenvalue weighted by molar-refractivity contribution is 6.05. The van der Waals surface area contributed by atoms with Gasteiger partial charge in [-0.3, -0.25) is 9.69 Å². The first-order valence-corrected chi connectivity index (χ1v) is 8.75. The lowest BCUT2D eigenvalue weighted by molar-refractivity contribution is -0.133. The van der Waals surface area contributed by atoms with Gasteiger partial charge in [0, 0.05) is 20.1 Å². The van der Waals surface area contributed by atoms with E-state index in [4.69, 9.17) is 4.74 Å². The molecule has 0 radical (unpaired) electrons. The molecule has 2 saturated heterocycles. The summed E-state index contributed by atoms with van der Waals surface area (Å²) in [5.74, 6) is -0.394. The first-order chi connectivity index (χ1) is 12.7. The molecule has 8 nitrogen and oxygen atoms in total. The molecule has 142 valence electrons. The Balaban J connectivity index is 2.01. The van der Waals surface area contributed by atoms with Crippen LogP contribution in [0, 0.1) is 17.2 Å². The molecule has 0 spiro atoms. The zero-order chi connectivity index (χ0) is 19.8. The molecule has 2 atom stereocenters. The van der Waals surface area contributed by atoms with E-state index in [1.807, 2.05) is 6.07 Å². The lowest BCUT2D eigenvalue weighted by Gasteiger charge is -2.43. The van der Waals surface area contributed by atoms with Crippen molar-refractivity contribution in [2.24, 2.45) is 10.9 Å². The molecule has 2 aliphatic heterocycles. The molecule has 2 amide bonds. The quantitative estimate of drug-likeness (QED) is 0.773. The van der Waals surface area contributed by atoms with Gasteiger partial charge >= 0.3 is 6.09 Å². The molecular formula is C19H23N5O3. The second-order valence-corrected chi connectivity index (χ2v) is 7.79. The topological polar surface area (TPSA) is 107 Å². The molecule has 2 fully saturated rings. The third kappa shape index (κ3) is 3.51. The number of carbonyl (C=O) groups is 2. The van der Waals surface area contributed by atoms with Crippen LogP contribution in [0.15, 0.2) is 29.3 Å². The van der Waals surface area contributed by atoms with Crippen LogP contribution in [-0.2, 0) is 15.1 Å². The molecule has 1 aromatic rings. The summed E-state index contributed by atoms with van der Waals surface area (Å²) < 4.78 is 5.25. The maximum atomic E-state index is 13.0. The van der Waals surface area contributed by atoms with Gasteiger partial charge in [0.2, 0.25) is 11.9 Å². The summed E-state index contributed by atoms with van der Waals surface area (Å²) in [7, 11) is 1.58. The Labute approximate surface area is 158 Å². The van der Waals surface area contributed by atoms with Crippen LogP contribution in [-0.4, -0.2) is 48.6 Å². The van der Waals surface area contributed by atoms with Gasteiger partial charge in [0.15, 0.2) is 0 Å². The molecule has 27 heavy (non-hydrogen) atoms. The molecule has 0 bridgehead atoms. The van der Waals surface area contributed by atoms with Crippen molar-refractivity contribution in [1.29, 1.82) is 5.26 Å². The van der Waals surface area contributed by atoms with Crippen molar-refractivity contribution >= 4 is 18.0 Å². The minimum atomic E-state index is -0.780. The number of nitriles is 1. The predicted octanol–water partition coefficient (Wildman–Crippen LogP) is 1.33. The Kier molecular flexibility index (Phi) is 4.66. The minimum absolute atomic E-state index is 0.136. The molecular weight excluding hydrogens is 346 g/mol. The van der Waals surface area contributed by atoms with Crippen LogP contribution < -0.4 is 10.6 Å². The second kappa shape index (κ2) is 6.67. The Hall–Kier alpha value is -2.92. The van der Waals surface area contributed by atoms with Gasteiger partial charge in [-0.1, -0.05) is 12.1 Å². The molecule has 0 aromatic heterocycles. The van der Waals surface area contributed by atoms with Crippen LogP contribution in [0.1, 0.15) is 31.9 Å². The highest BCUT2D eigenvalue weighted by atomic mass is 16.6. The van der Waals surface area contributed by atoms with E-state index in [9.17, 15) is 14.9 Å². The van der Waals surface area contributed by atoms with E-state index in [1.165, 1.54) is 4.90 Å². The average molecular weight is 369 g/mol. The zero-order valence-corrected chi connectivity index (χ0v) is 15.9. The fraction of sp³-hybridized carbons (Fsp3) is 0.474. The first kappa shape index (κ1) is 18.9. The van der Waals surface area contributed by atoms with Gasteiger partial charge in [-0.25, -0.2) is 4.79 Å².